The summed E-state index contributed by atoms with van der Waals surface area (Å²) in [6, 6.07) is 6.82. The van der Waals surface area contributed by atoms with Crippen LogP contribution < -0.4 is 5.32 Å². The Bertz CT molecular complexity index is 601. The molecule has 6 nitrogen and oxygen atoms in total. The largest absolute Gasteiger partial charge is 0.385 e. The molecular weight excluding hydrogens is 258 g/mol. The first-order chi connectivity index (χ1) is 9.74. The number of nitro groups is 1. The van der Waals surface area contributed by atoms with Gasteiger partial charge in [-0.2, -0.15) is 0 Å². The minimum absolute atomic E-state index is 0.0329. The maximum atomic E-state index is 11.0. The van der Waals surface area contributed by atoms with Gasteiger partial charge in [0.2, 0.25) is 0 Å². The second-order valence-corrected chi connectivity index (χ2v) is 4.42. The van der Waals surface area contributed by atoms with Crippen LogP contribution in [0.1, 0.15) is 12.8 Å². The van der Waals surface area contributed by atoms with Crippen LogP contribution in [-0.4, -0.2) is 30.2 Å². The highest BCUT2D eigenvalue weighted by atomic mass is 16.6. The van der Waals surface area contributed by atoms with Crippen LogP contribution >= 0.6 is 0 Å². The molecule has 0 spiro atoms. The first-order valence-electron chi connectivity index (χ1n) is 6.49. The fourth-order valence-corrected chi connectivity index (χ4v) is 2.06. The SMILES string of the molecule is COCCCCNc1ccnc2c([N+](=O)[O-])cccc12. The molecule has 0 aliphatic rings. The number of hydrogen-bond acceptors (Lipinski definition) is 5. The summed E-state index contributed by atoms with van der Waals surface area (Å²) in [7, 11) is 1.68. The third-order valence-corrected chi connectivity index (χ3v) is 3.04. The van der Waals surface area contributed by atoms with Crippen LogP contribution in [0.25, 0.3) is 10.9 Å². The molecule has 0 fully saturated rings. The van der Waals surface area contributed by atoms with Crippen LogP contribution in [0.3, 0.4) is 0 Å². The van der Waals surface area contributed by atoms with Crippen molar-refractivity contribution in [1.82, 2.24) is 4.98 Å². The summed E-state index contributed by atoms with van der Waals surface area (Å²) in [5.41, 5.74) is 1.32. The molecule has 0 aliphatic carbocycles. The Labute approximate surface area is 116 Å². The van der Waals surface area contributed by atoms with Crippen molar-refractivity contribution in [2.75, 3.05) is 25.6 Å². The number of anilines is 1. The molecule has 1 N–H and O–H groups in total. The zero-order valence-electron chi connectivity index (χ0n) is 11.3. The molecule has 20 heavy (non-hydrogen) atoms. The Kier molecular flexibility index (Phi) is 4.84. The number of methoxy groups -OCH3 is 1. The van der Waals surface area contributed by atoms with E-state index in [1.165, 1.54) is 6.07 Å². The zero-order chi connectivity index (χ0) is 14.4. The summed E-state index contributed by atoms with van der Waals surface area (Å²) < 4.78 is 4.99. The smallest absolute Gasteiger partial charge is 0.295 e. The van der Waals surface area contributed by atoms with Crippen LogP contribution in [0, 0.1) is 10.1 Å². The van der Waals surface area contributed by atoms with Gasteiger partial charge in [0.1, 0.15) is 5.52 Å². The lowest BCUT2D eigenvalue weighted by molar-refractivity contribution is -0.383. The number of benzene rings is 1. The maximum absolute atomic E-state index is 11.0. The molecule has 1 heterocycles. The molecule has 0 radical (unpaired) electrons. The Morgan fingerprint density at radius 2 is 2.20 bits per heavy atom. The number of fused-ring (bicyclic) bond motifs is 1. The number of nitro benzene ring substituents is 1. The van der Waals surface area contributed by atoms with E-state index in [4.69, 9.17) is 4.74 Å². The van der Waals surface area contributed by atoms with Gasteiger partial charge in [-0.1, -0.05) is 12.1 Å². The predicted octanol–water partition coefficient (Wildman–Crippen LogP) is 2.98. The van der Waals surface area contributed by atoms with Gasteiger partial charge in [0.05, 0.1) is 4.92 Å². The number of ether oxygens (including phenoxy) is 1. The normalized spacial score (nSPS) is 10.7. The lowest BCUT2D eigenvalue weighted by Gasteiger charge is -2.09. The van der Waals surface area contributed by atoms with E-state index in [0.29, 0.717) is 5.52 Å². The van der Waals surface area contributed by atoms with Crippen LogP contribution in [-0.2, 0) is 4.74 Å². The highest BCUT2D eigenvalue weighted by Gasteiger charge is 2.13. The van der Waals surface area contributed by atoms with Crippen LogP contribution in [0.5, 0.6) is 0 Å². The van der Waals surface area contributed by atoms with Crippen molar-refractivity contribution in [3.63, 3.8) is 0 Å². The van der Waals surface area contributed by atoms with Gasteiger partial charge >= 0.3 is 0 Å². The number of aromatic nitrogens is 1. The van der Waals surface area contributed by atoms with Crippen LogP contribution in [0.2, 0.25) is 0 Å². The van der Waals surface area contributed by atoms with E-state index in [9.17, 15) is 10.1 Å². The highest BCUT2D eigenvalue weighted by molar-refractivity contribution is 5.96. The summed E-state index contributed by atoms with van der Waals surface area (Å²) in [5.74, 6) is 0. The zero-order valence-corrected chi connectivity index (χ0v) is 11.3. The summed E-state index contributed by atoms with van der Waals surface area (Å²) in [5, 5.41) is 15.1. The van der Waals surface area contributed by atoms with Gasteiger partial charge in [-0.15, -0.1) is 0 Å². The molecule has 6 heteroatoms. The molecule has 0 bridgehead atoms. The van der Waals surface area contributed by atoms with Gasteiger partial charge in [0.25, 0.3) is 5.69 Å². The molecular formula is C14H17N3O3. The second kappa shape index (κ2) is 6.81. The third kappa shape index (κ3) is 3.21. The molecule has 0 atom stereocenters. The van der Waals surface area contributed by atoms with Gasteiger partial charge in [-0.3, -0.25) is 10.1 Å². The molecule has 0 unspecified atom stereocenters. The first-order valence-corrected chi connectivity index (χ1v) is 6.49. The topological polar surface area (TPSA) is 77.3 Å². The van der Waals surface area contributed by atoms with E-state index in [-0.39, 0.29) is 5.69 Å². The second-order valence-electron chi connectivity index (χ2n) is 4.42. The molecule has 106 valence electrons. The number of rotatable bonds is 7. The monoisotopic (exact) mass is 275 g/mol. The molecule has 0 amide bonds. The Morgan fingerprint density at radius 1 is 1.35 bits per heavy atom. The molecule has 1 aromatic heterocycles. The van der Waals surface area contributed by atoms with Gasteiger partial charge in [-0.05, 0) is 18.9 Å². The van der Waals surface area contributed by atoms with E-state index < -0.39 is 4.92 Å². The average molecular weight is 275 g/mol. The van der Waals surface area contributed by atoms with E-state index >= 15 is 0 Å². The van der Waals surface area contributed by atoms with Crippen molar-refractivity contribution in [2.24, 2.45) is 0 Å². The molecule has 0 saturated heterocycles. The minimum Gasteiger partial charge on any atom is -0.385 e. The van der Waals surface area contributed by atoms with E-state index in [2.05, 4.69) is 10.3 Å². The van der Waals surface area contributed by atoms with Gasteiger partial charge in [-0.25, -0.2) is 4.98 Å². The number of nitrogens with one attached hydrogen (secondary N) is 1. The van der Waals surface area contributed by atoms with Crippen molar-refractivity contribution in [3.8, 4) is 0 Å². The number of hydrogen-bond donors (Lipinski definition) is 1. The summed E-state index contributed by atoms with van der Waals surface area (Å²) in [4.78, 5) is 14.7. The average Bonchev–Trinajstić information content (AvgIpc) is 2.46. The van der Waals surface area contributed by atoms with E-state index in [1.54, 1.807) is 19.4 Å². The number of pyridine rings is 1. The van der Waals surface area contributed by atoms with Gasteiger partial charge in [0.15, 0.2) is 0 Å². The van der Waals surface area contributed by atoms with Crippen molar-refractivity contribution in [3.05, 3.63) is 40.6 Å². The Hall–Kier alpha value is -2.21. The van der Waals surface area contributed by atoms with E-state index in [1.807, 2.05) is 12.1 Å². The summed E-state index contributed by atoms with van der Waals surface area (Å²) in [6.07, 6.45) is 3.55. The van der Waals surface area contributed by atoms with Crippen LogP contribution in [0.4, 0.5) is 11.4 Å². The summed E-state index contributed by atoms with van der Waals surface area (Å²) in [6.45, 7) is 1.54. The van der Waals surface area contributed by atoms with Crippen molar-refractivity contribution >= 4 is 22.3 Å². The minimum atomic E-state index is -0.405. The Balaban J connectivity index is 2.18. The van der Waals surface area contributed by atoms with E-state index in [0.717, 1.165) is 37.1 Å². The Morgan fingerprint density at radius 3 is 2.95 bits per heavy atom. The predicted molar refractivity (Wildman–Crippen MR) is 78.0 cm³/mol. The molecule has 1 aromatic carbocycles. The number of para-hydroxylation sites is 1. The van der Waals surface area contributed by atoms with Crippen molar-refractivity contribution in [1.29, 1.82) is 0 Å². The van der Waals surface area contributed by atoms with Gasteiger partial charge < -0.3 is 10.1 Å². The van der Waals surface area contributed by atoms with Crippen LogP contribution in [0.15, 0.2) is 30.5 Å². The third-order valence-electron chi connectivity index (χ3n) is 3.04. The fraction of sp³-hybridized carbons (Fsp3) is 0.357. The number of nitrogens with zero attached hydrogens (tertiary/aromatic N) is 2. The fourth-order valence-electron chi connectivity index (χ4n) is 2.06. The van der Waals surface area contributed by atoms with Crippen molar-refractivity contribution < 1.29 is 9.66 Å². The molecule has 2 rings (SSSR count). The standard InChI is InChI=1S/C14H17N3O3/c1-20-10-3-2-8-15-12-7-9-16-14-11(12)5-4-6-13(14)17(18)19/h4-7,9H,2-3,8,10H2,1H3,(H,15,16). The highest BCUT2D eigenvalue weighted by Crippen LogP contribution is 2.28. The molecule has 0 saturated carbocycles. The quantitative estimate of drug-likeness (QED) is 0.477. The van der Waals surface area contributed by atoms with Crippen molar-refractivity contribution in [2.45, 2.75) is 12.8 Å². The lowest BCUT2D eigenvalue weighted by atomic mass is 10.1. The lowest BCUT2D eigenvalue weighted by Crippen LogP contribution is -2.04. The number of unbranched alkanes of at least 4 members (excludes halogenated alkanes) is 1. The molecule has 0 aliphatic heterocycles. The first kappa shape index (κ1) is 14.2. The molecule has 2 aromatic rings. The summed E-state index contributed by atoms with van der Waals surface area (Å²) >= 11 is 0. The van der Waals surface area contributed by atoms with Gasteiger partial charge in [0, 0.05) is 43.6 Å². The maximum Gasteiger partial charge on any atom is 0.295 e. The number of non-ortho nitro benzene ring substituents is 1.